The molecule has 0 radical (unpaired) electrons. The summed E-state index contributed by atoms with van der Waals surface area (Å²) < 4.78 is 11.3. The predicted molar refractivity (Wildman–Crippen MR) is 96.1 cm³/mol. The van der Waals surface area contributed by atoms with Crippen molar-refractivity contribution < 1.29 is 14.3 Å². The van der Waals surface area contributed by atoms with Gasteiger partial charge in [-0.25, -0.2) is 4.79 Å². The van der Waals surface area contributed by atoms with Gasteiger partial charge in [-0.2, -0.15) is 0 Å². The molecule has 1 aliphatic heterocycles. The van der Waals surface area contributed by atoms with Gasteiger partial charge >= 0.3 is 6.03 Å². The average Bonchev–Trinajstić information content (AvgIpc) is 3.25. The summed E-state index contributed by atoms with van der Waals surface area (Å²) in [5, 5.41) is 5.99. The van der Waals surface area contributed by atoms with Crippen LogP contribution < -0.4 is 15.4 Å². The number of carbonyl (C=O) groups excluding carboxylic acids is 1. The molecule has 4 rings (SSSR count). The zero-order chi connectivity index (χ0) is 17.1. The number of anilines is 1. The van der Waals surface area contributed by atoms with Gasteiger partial charge in [-0.3, -0.25) is 0 Å². The molecule has 2 aromatic rings. The van der Waals surface area contributed by atoms with E-state index >= 15 is 0 Å². The zero-order valence-corrected chi connectivity index (χ0v) is 14.0. The number of nitrogens with one attached hydrogen (secondary N) is 2. The summed E-state index contributed by atoms with van der Waals surface area (Å²) in [6, 6.07) is 15.8. The maximum Gasteiger partial charge on any atom is 0.319 e. The van der Waals surface area contributed by atoms with Crippen LogP contribution in [0.5, 0.6) is 5.75 Å². The van der Waals surface area contributed by atoms with Gasteiger partial charge in [0.15, 0.2) is 0 Å². The largest absolute Gasteiger partial charge is 0.486 e. The number of hydrogen-bond acceptors (Lipinski definition) is 3. The SMILES string of the molecule is O=C(Nc1ccccc1O[C@H]1CCOC1)NC1Cc2ccccc2C1. The Balaban J connectivity index is 1.37. The molecule has 2 N–H and O–H groups in total. The minimum absolute atomic E-state index is 0.0512. The number of amides is 2. The number of fused-ring (bicyclic) bond motifs is 1. The quantitative estimate of drug-likeness (QED) is 0.900. The Morgan fingerprint density at radius 1 is 1.04 bits per heavy atom. The summed E-state index contributed by atoms with van der Waals surface area (Å²) in [4.78, 5) is 12.4. The van der Waals surface area contributed by atoms with Crippen molar-refractivity contribution in [2.24, 2.45) is 0 Å². The standard InChI is InChI=1S/C20H22N2O3/c23-20(21-16-11-14-5-1-2-6-15(14)12-16)22-18-7-3-4-8-19(18)25-17-9-10-24-13-17/h1-8,16-17H,9-13H2,(H2,21,22,23)/t17-/m0/s1. The third-order valence-electron chi connectivity index (χ3n) is 4.70. The summed E-state index contributed by atoms with van der Waals surface area (Å²) in [5.74, 6) is 0.683. The monoisotopic (exact) mass is 338 g/mol. The third-order valence-corrected chi connectivity index (χ3v) is 4.70. The van der Waals surface area contributed by atoms with Gasteiger partial charge in [-0.15, -0.1) is 0 Å². The lowest BCUT2D eigenvalue weighted by Gasteiger charge is -2.17. The first-order chi connectivity index (χ1) is 12.3. The molecular weight excluding hydrogens is 316 g/mol. The molecule has 0 spiro atoms. The Bertz CT molecular complexity index is 731. The molecule has 1 saturated heterocycles. The number of benzene rings is 2. The molecule has 0 saturated carbocycles. The normalized spacial score (nSPS) is 19.4. The van der Waals surface area contributed by atoms with Crippen molar-refractivity contribution in [3.05, 3.63) is 59.7 Å². The molecule has 1 aliphatic carbocycles. The highest BCUT2D eigenvalue weighted by Crippen LogP contribution is 2.27. The highest BCUT2D eigenvalue weighted by molar-refractivity contribution is 5.91. The van der Waals surface area contributed by atoms with E-state index in [0.29, 0.717) is 18.0 Å². The van der Waals surface area contributed by atoms with Crippen LogP contribution in [0.3, 0.4) is 0 Å². The van der Waals surface area contributed by atoms with Crippen LogP contribution >= 0.6 is 0 Å². The van der Waals surface area contributed by atoms with Gasteiger partial charge in [-0.1, -0.05) is 36.4 Å². The van der Waals surface area contributed by atoms with Crippen molar-refractivity contribution >= 4 is 11.7 Å². The lowest BCUT2D eigenvalue weighted by Crippen LogP contribution is -2.38. The van der Waals surface area contributed by atoms with Crippen LogP contribution in [0.15, 0.2) is 48.5 Å². The summed E-state index contributed by atoms with van der Waals surface area (Å²) in [5.41, 5.74) is 3.32. The molecule has 0 unspecified atom stereocenters. The van der Waals surface area contributed by atoms with Crippen molar-refractivity contribution in [3.63, 3.8) is 0 Å². The third kappa shape index (κ3) is 3.77. The van der Waals surface area contributed by atoms with E-state index < -0.39 is 0 Å². The van der Waals surface area contributed by atoms with Gasteiger partial charge in [0, 0.05) is 12.5 Å². The minimum atomic E-state index is -0.198. The summed E-state index contributed by atoms with van der Waals surface area (Å²) in [7, 11) is 0. The Morgan fingerprint density at radius 3 is 2.48 bits per heavy atom. The van der Waals surface area contributed by atoms with Gasteiger partial charge in [-0.05, 0) is 36.1 Å². The Labute approximate surface area is 147 Å². The topological polar surface area (TPSA) is 59.6 Å². The fraction of sp³-hybridized carbons (Fsp3) is 0.350. The fourth-order valence-corrected chi connectivity index (χ4v) is 3.46. The van der Waals surface area contributed by atoms with Crippen molar-refractivity contribution in [2.75, 3.05) is 18.5 Å². The van der Waals surface area contributed by atoms with Crippen LogP contribution in [0.4, 0.5) is 10.5 Å². The summed E-state index contributed by atoms with van der Waals surface area (Å²) in [6.07, 6.45) is 2.68. The molecule has 1 heterocycles. The molecular formula is C20H22N2O3. The second-order valence-electron chi connectivity index (χ2n) is 6.57. The second-order valence-corrected chi connectivity index (χ2v) is 6.57. The van der Waals surface area contributed by atoms with Crippen LogP contribution in [0.1, 0.15) is 17.5 Å². The summed E-state index contributed by atoms with van der Waals surface area (Å²) >= 11 is 0. The maximum absolute atomic E-state index is 12.4. The molecule has 5 nitrogen and oxygen atoms in total. The Hall–Kier alpha value is -2.53. The molecule has 1 atom stereocenters. The summed E-state index contributed by atoms with van der Waals surface area (Å²) in [6.45, 7) is 1.32. The maximum atomic E-state index is 12.4. The minimum Gasteiger partial charge on any atom is -0.486 e. The predicted octanol–water partition coefficient (Wildman–Crippen LogP) is 3.14. The first kappa shape index (κ1) is 16.0. The first-order valence-electron chi connectivity index (χ1n) is 8.75. The van der Waals surface area contributed by atoms with Gasteiger partial charge in [0.05, 0.1) is 18.9 Å². The highest BCUT2D eigenvalue weighted by atomic mass is 16.5. The molecule has 0 bridgehead atoms. The van der Waals surface area contributed by atoms with Gasteiger partial charge in [0.25, 0.3) is 0 Å². The van der Waals surface area contributed by atoms with E-state index in [1.165, 1.54) is 11.1 Å². The van der Waals surface area contributed by atoms with Crippen LogP contribution in [-0.2, 0) is 17.6 Å². The van der Waals surface area contributed by atoms with Gasteiger partial charge in [0.2, 0.25) is 0 Å². The zero-order valence-electron chi connectivity index (χ0n) is 14.0. The van der Waals surface area contributed by atoms with Gasteiger partial charge < -0.3 is 20.1 Å². The number of carbonyl (C=O) groups is 1. The molecule has 2 aliphatic rings. The van der Waals surface area contributed by atoms with Crippen molar-refractivity contribution in [1.29, 1.82) is 0 Å². The van der Waals surface area contributed by atoms with Crippen LogP contribution in [-0.4, -0.2) is 31.4 Å². The van der Waals surface area contributed by atoms with E-state index in [9.17, 15) is 4.79 Å². The van der Waals surface area contributed by atoms with Crippen molar-refractivity contribution in [1.82, 2.24) is 5.32 Å². The Morgan fingerprint density at radius 2 is 1.76 bits per heavy atom. The smallest absolute Gasteiger partial charge is 0.319 e. The highest BCUT2D eigenvalue weighted by Gasteiger charge is 2.23. The molecule has 2 amide bonds. The molecule has 2 aromatic carbocycles. The van der Waals surface area contributed by atoms with Crippen LogP contribution in [0.25, 0.3) is 0 Å². The first-order valence-corrected chi connectivity index (χ1v) is 8.75. The number of urea groups is 1. The average molecular weight is 338 g/mol. The molecule has 1 fully saturated rings. The number of para-hydroxylation sites is 2. The van der Waals surface area contributed by atoms with E-state index in [1.807, 2.05) is 36.4 Å². The molecule has 25 heavy (non-hydrogen) atoms. The van der Waals surface area contributed by atoms with E-state index in [-0.39, 0.29) is 18.2 Å². The number of ether oxygens (including phenoxy) is 2. The lowest BCUT2D eigenvalue weighted by molar-refractivity contribution is 0.142. The van der Waals surface area contributed by atoms with Crippen molar-refractivity contribution in [3.8, 4) is 5.75 Å². The second kappa shape index (κ2) is 7.15. The van der Waals surface area contributed by atoms with Crippen LogP contribution in [0, 0.1) is 0 Å². The van der Waals surface area contributed by atoms with E-state index in [4.69, 9.17) is 9.47 Å². The Kier molecular flexibility index (Phi) is 4.57. The van der Waals surface area contributed by atoms with E-state index in [1.54, 1.807) is 0 Å². The van der Waals surface area contributed by atoms with E-state index in [0.717, 1.165) is 25.9 Å². The van der Waals surface area contributed by atoms with Gasteiger partial charge in [0.1, 0.15) is 11.9 Å². The molecule has 0 aromatic heterocycles. The van der Waals surface area contributed by atoms with E-state index in [2.05, 4.69) is 22.8 Å². The molecule has 5 heteroatoms. The lowest BCUT2D eigenvalue weighted by atomic mass is 10.1. The fourth-order valence-electron chi connectivity index (χ4n) is 3.46. The van der Waals surface area contributed by atoms with Crippen molar-refractivity contribution in [2.45, 2.75) is 31.4 Å². The van der Waals surface area contributed by atoms with Crippen LogP contribution in [0.2, 0.25) is 0 Å². The molecule has 130 valence electrons. The number of rotatable bonds is 4. The number of hydrogen-bond donors (Lipinski definition) is 2.